The zero-order valence-corrected chi connectivity index (χ0v) is 10.1. The molecule has 3 aromatic heterocycles. The number of H-pyrrole nitrogens is 1. The highest BCUT2D eigenvalue weighted by molar-refractivity contribution is 7.15. The van der Waals surface area contributed by atoms with Gasteiger partial charge in [0.2, 0.25) is 5.91 Å². The lowest BCUT2D eigenvalue weighted by atomic mass is 10.3. The Balaban J connectivity index is 1.59. The number of nitrogens with zero attached hydrogens (tertiary/aromatic N) is 4. The van der Waals surface area contributed by atoms with Crippen molar-refractivity contribution in [2.45, 2.75) is 13.0 Å². The van der Waals surface area contributed by atoms with E-state index in [1.54, 1.807) is 11.3 Å². The first-order valence-electron chi connectivity index (χ1n) is 5.33. The van der Waals surface area contributed by atoms with Crippen LogP contribution in [0.25, 0.3) is 4.96 Å². The predicted octanol–water partition coefficient (Wildman–Crippen LogP) is 0.373. The number of fused-ring (bicyclic) bond motifs is 1. The van der Waals surface area contributed by atoms with Crippen LogP contribution in [0.15, 0.2) is 24.1 Å². The van der Waals surface area contributed by atoms with Crippen LogP contribution in [0, 0.1) is 0 Å². The maximum absolute atomic E-state index is 11.7. The molecule has 3 aromatic rings. The second kappa shape index (κ2) is 4.57. The van der Waals surface area contributed by atoms with Crippen LogP contribution in [0.1, 0.15) is 11.5 Å². The molecule has 0 aromatic carbocycles. The van der Waals surface area contributed by atoms with E-state index >= 15 is 0 Å². The fourth-order valence-corrected chi connectivity index (χ4v) is 2.31. The number of amides is 1. The molecule has 8 heteroatoms. The molecule has 1 amide bonds. The summed E-state index contributed by atoms with van der Waals surface area (Å²) in [5, 5.41) is 11.1. The van der Waals surface area contributed by atoms with Gasteiger partial charge >= 0.3 is 0 Å². The van der Waals surface area contributed by atoms with E-state index in [0.717, 1.165) is 10.7 Å². The minimum absolute atomic E-state index is 0.0860. The molecule has 3 heterocycles. The second-order valence-corrected chi connectivity index (χ2v) is 4.58. The minimum Gasteiger partial charge on any atom is -0.348 e. The number of carbonyl (C=O) groups is 1. The molecule has 92 valence electrons. The highest BCUT2D eigenvalue weighted by Crippen LogP contribution is 2.11. The number of carbonyl (C=O) groups excluding carboxylic acids is 1. The van der Waals surface area contributed by atoms with Gasteiger partial charge in [0.25, 0.3) is 0 Å². The van der Waals surface area contributed by atoms with E-state index < -0.39 is 0 Å². The molecular weight excluding hydrogens is 252 g/mol. The van der Waals surface area contributed by atoms with Gasteiger partial charge in [0.15, 0.2) is 4.96 Å². The minimum atomic E-state index is -0.0860. The first-order valence-corrected chi connectivity index (χ1v) is 6.21. The number of nitrogens with one attached hydrogen (secondary N) is 2. The Labute approximate surface area is 106 Å². The van der Waals surface area contributed by atoms with E-state index in [9.17, 15) is 4.79 Å². The van der Waals surface area contributed by atoms with Gasteiger partial charge in [-0.25, -0.2) is 9.97 Å². The van der Waals surface area contributed by atoms with Gasteiger partial charge < -0.3 is 5.32 Å². The Morgan fingerprint density at radius 3 is 3.28 bits per heavy atom. The molecule has 0 aliphatic heterocycles. The van der Waals surface area contributed by atoms with Crippen LogP contribution in [-0.2, 0) is 17.8 Å². The smallest absolute Gasteiger partial charge is 0.226 e. The predicted molar refractivity (Wildman–Crippen MR) is 65.0 cm³/mol. The molecule has 2 N–H and O–H groups in total. The number of hydrogen-bond acceptors (Lipinski definition) is 5. The number of thiazole rings is 1. The number of aromatic nitrogens is 5. The molecule has 0 atom stereocenters. The molecule has 0 aliphatic rings. The molecule has 18 heavy (non-hydrogen) atoms. The van der Waals surface area contributed by atoms with Crippen molar-refractivity contribution in [2.24, 2.45) is 0 Å². The first-order chi connectivity index (χ1) is 8.81. The van der Waals surface area contributed by atoms with Crippen molar-refractivity contribution in [2.75, 3.05) is 0 Å². The van der Waals surface area contributed by atoms with E-state index in [1.807, 2.05) is 22.2 Å². The summed E-state index contributed by atoms with van der Waals surface area (Å²) in [4.78, 5) is 20.8. The molecular formula is C10H10N6OS. The molecule has 0 saturated carbocycles. The van der Waals surface area contributed by atoms with E-state index in [4.69, 9.17) is 0 Å². The summed E-state index contributed by atoms with van der Waals surface area (Å²) in [5.41, 5.74) is 0.761. The molecule has 0 radical (unpaired) electrons. The number of rotatable bonds is 4. The van der Waals surface area contributed by atoms with Crippen LogP contribution in [0.3, 0.4) is 0 Å². The standard InChI is InChI=1S/C10H10N6OS/c17-9(11-4-8-12-6-13-15-8)3-7-5-16-1-2-18-10(16)14-7/h1-2,5-6H,3-4H2,(H,11,17)(H,12,13,15). The van der Waals surface area contributed by atoms with Crippen molar-refractivity contribution in [3.8, 4) is 0 Å². The number of hydrogen-bond donors (Lipinski definition) is 2. The van der Waals surface area contributed by atoms with Crippen LogP contribution >= 0.6 is 11.3 Å². The Hall–Kier alpha value is -2.22. The first kappa shape index (κ1) is 10.9. The quantitative estimate of drug-likeness (QED) is 0.711. The summed E-state index contributed by atoms with van der Waals surface area (Å²) < 4.78 is 1.91. The molecule has 0 saturated heterocycles. The zero-order chi connectivity index (χ0) is 12.4. The normalized spacial score (nSPS) is 10.9. The van der Waals surface area contributed by atoms with Gasteiger partial charge in [-0.1, -0.05) is 0 Å². The summed E-state index contributed by atoms with van der Waals surface area (Å²) >= 11 is 1.54. The van der Waals surface area contributed by atoms with Crippen molar-refractivity contribution in [1.82, 2.24) is 29.9 Å². The van der Waals surface area contributed by atoms with Gasteiger partial charge in [0, 0.05) is 17.8 Å². The lowest BCUT2D eigenvalue weighted by Gasteiger charge is -2.00. The van der Waals surface area contributed by atoms with Crippen LogP contribution in [0.5, 0.6) is 0 Å². The Morgan fingerprint density at radius 1 is 1.56 bits per heavy atom. The highest BCUT2D eigenvalue weighted by Gasteiger charge is 2.08. The van der Waals surface area contributed by atoms with Crippen molar-refractivity contribution in [1.29, 1.82) is 0 Å². The Bertz CT molecular complexity index is 626. The van der Waals surface area contributed by atoms with Crippen LogP contribution < -0.4 is 5.32 Å². The third-order valence-corrected chi connectivity index (χ3v) is 3.17. The van der Waals surface area contributed by atoms with Gasteiger partial charge in [-0.2, -0.15) is 5.10 Å². The number of imidazole rings is 1. The summed E-state index contributed by atoms with van der Waals surface area (Å²) in [5.74, 6) is 0.548. The van der Waals surface area contributed by atoms with Gasteiger partial charge in [-0.15, -0.1) is 11.3 Å². The summed E-state index contributed by atoms with van der Waals surface area (Å²) in [6.07, 6.45) is 5.45. The SMILES string of the molecule is O=C(Cc1cn2ccsc2n1)NCc1ncn[nH]1. The van der Waals surface area contributed by atoms with E-state index in [0.29, 0.717) is 12.4 Å². The van der Waals surface area contributed by atoms with Gasteiger partial charge in [-0.3, -0.25) is 14.3 Å². The summed E-state index contributed by atoms with van der Waals surface area (Å²) in [6, 6.07) is 0. The maximum atomic E-state index is 11.7. The Kier molecular flexibility index (Phi) is 2.77. The van der Waals surface area contributed by atoms with Crippen molar-refractivity contribution in [3.05, 3.63) is 35.6 Å². The monoisotopic (exact) mass is 262 g/mol. The summed E-state index contributed by atoms with van der Waals surface area (Å²) in [6.45, 7) is 0.348. The molecule has 0 aliphatic carbocycles. The second-order valence-electron chi connectivity index (χ2n) is 3.71. The van der Waals surface area contributed by atoms with E-state index in [-0.39, 0.29) is 12.3 Å². The molecule has 0 spiro atoms. The van der Waals surface area contributed by atoms with Crippen LogP contribution in [-0.4, -0.2) is 30.5 Å². The third-order valence-electron chi connectivity index (χ3n) is 2.40. The average Bonchev–Trinajstić information content (AvgIpc) is 3.01. The van der Waals surface area contributed by atoms with Crippen molar-refractivity contribution in [3.63, 3.8) is 0 Å². The molecule has 0 bridgehead atoms. The van der Waals surface area contributed by atoms with Gasteiger partial charge in [0.05, 0.1) is 18.7 Å². The van der Waals surface area contributed by atoms with Crippen LogP contribution in [0.2, 0.25) is 0 Å². The number of aromatic amines is 1. The topological polar surface area (TPSA) is 88.0 Å². The largest absolute Gasteiger partial charge is 0.348 e. The molecule has 0 unspecified atom stereocenters. The third kappa shape index (κ3) is 2.23. The molecule has 0 fully saturated rings. The average molecular weight is 262 g/mol. The van der Waals surface area contributed by atoms with Crippen LogP contribution in [0.4, 0.5) is 0 Å². The molecule has 3 rings (SSSR count). The van der Waals surface area contributed by atoms with E-state index in [2.05, 4.69) is 25.5 Å². The zero-order valence-electron chi connectivity index (χ0n) is 9.33. The maximum Gasteiger partial charge on any atom is 0.226 e. The van der Waals surface area contributed by atoms with Crippen molar-refractivity contribution >= 4 is 22.2 Å². The molecule has 7 nitrogen and oxygen atoms in total. The Morgan fingerprint density at radius 2 is 2.50 bits per heavy atom. The fraction of sp³-hybridized carbons (Fsp3) is 0.200. The summed E-state index contributed by atoms with van der Waals surface area (Å²) in [7, 11) is 0. The fourth-order valence-electron chi connectivity index (χ4n) is 1.59. The highest BCUT2D eigenvalue weighted by atomic mass is 32.1. The lowest BCUT2D eigenvalue weighted by Crippen LogP contribution is -2.25. The van der Waals surface area contributed by atoms with Crippen molar-refractivity contribution < 1.29 is 4.79 Å². The van der Waals surface area contributed by atoms with E-state index in [1.165, 1.54) is 6.33 Å². The van der Waals surface area contributed by atoms with Gasteiger partial charge in [0.1, 0.15) is 12.2 Å². The lowest BCUT2D eigenvalue weighted by molar-refractivity contribution is -0.120. The van der Waals surface area contributed by atoms with Gasteiger partial charge in [-0.05, 0) is 0 Å².